The van der Waals surface area contributed by atoms with Crippen molar-refractivity contribution in [1.29, 1.82) is 0 Å². The number of rotatable bonds is 3. The molecule has 15 heavy (non-hydrogen) atoms. The van der Waals surface area contributed by atoms with Crippen molar-refractivity contribution in [2.75, 3.05) is 27.2 Å². The molecule has 0 amide bonds. The SMILES string of the molecule is Cc1ccc(C2CN(SN(C)C)C2)cc1. The van der Waals surface area contributed by atoms with E-state index in [0.717, 1.165) is 5.92 Å². The quantitative estimate of drug-likeness (QED) is 0.726. The zero-order valence-corrected chi connectivity index (χ0v) is 10.4. The topological polar surface area (TPSA) is 6.48 Å². The minimum Gasteiger partial charge on any atom is -0.243 e. The summed E-state index contributed by atoms with van der Waals surface area (Å²) in [6.45, 7) is 4.48. The highest BCUT2D eigenvalue weighted by Gasteiger charge is 2.28. The fourth-order valence-corrected chi connectivity index (χ4v) is 2.74. The molecule has 0 radical (unpaired) electrons. The van der Waals surface area contributed by atoms with Gasteiger partial charge in [0.05, 0.1) is 0 Å². The van der Waals surface area contributed by atoms with Crippen LogP contribution in [0.15, 0.2) is 24.3 Å². The standard InChI is InChI=1S/C12H18N2S/c1-10-4-6-11(7-5-10)12-8-14(9-12)15-13(2)3/h4-7,12H,8-9H2,1-3H3. The third-order valence-electron chi connectivity index (χ3n) is 2.68. The van der Waals surface area contributed by atoms with Crippen molar-refractivity contribution in [3.63, 3.8) is 0 Å². The van der Waals surface area contributed by atoms with Gasteiger partial charge in [-0.15, -0.1) is 0 Å². The molecule has 0 aliphatic carbocycles. The number of aryl methyl sites for hydroxylation is 1. The Morgan fingerprint density at radius 2 is 1.80 bits per heavy atom. The maximum atomic E-state index is 2.39. The summed E-state index contributed by atoms with van der Waals surface area (Å²) in [5.74, 6) is 0.734. The summed E-state index contributed by atoms with van der Waals surface area (Å²) in [6.07, 6.45) is 0. The first-order valence-corrected chi connectivity index (χ1v) is 6.05. The lowest BCUT2D eigenvalue weighted by atomic mass is 9.93. The molecule has 0 spiro atoms. The molecule has 0 atom stereocenters. The van der Waals surface area contributed by atoms with Crippen molar-refractivity contribution < 1.29 is 0 Å². The van der Waals surface area contributed by atoms with Gasteiger partial charge < -0.3 is 0 Å². The molecule has 3 heteroatoms. The number of benzene rings is 1. The number of hydrogen-bond donors (Lipinski definition) is 0. The minimum absolute atomic E-state index is 0.734. The van der Waals surface area contributed by atoms with E-state index in [2.05, 4.69) is 53.9 Å². The van der Waals surface area contributed by atoms with E-state index in [0.29, 0.717) is 0 Å². The van der Waals surface area contributed by atoms with E-state index in [-0.39, 0.29) is 0 Å². The molecule has 1 aliphatic heterocycles. The van der Waals surface area contributed by atoms with Crippen LogP contribution in [0.1, 0.15) is 17.0 Å². The Hall–Kier alpha value is -0.510. The molecule has 1 saturated heterocycles. The Labute approximate surface area is 96.5 Å². The Kier molecular flexibility index (Phi) is 3.34. The van der Waals surface area contributed by atoms with Gasteiger partial charge in [-0.2, -0.15) is 0 Å². The van der Waals surface area contributed by atoms with Crippen molar-refractivity contribution in [2.24, 2.45) is 0 Å². The van der Waals surface area contributed by atoms with Gasteiger partial charge in [0.25, 0.3) is 0 Å². The molecule has 0 bridgehead atoms. The highest BCUT2D eigenvalue weighted by Crippen LogP contribution is 2.32. The van der Waals surface area contributed by atoms with E-state index >= 15 is 0 Å². The van der Waals surface area contributed by atoms with E-state index in [1.54, 1.807) is 0 Å². The van der Waals surface area contributed by atoms with Crippen LogP contribution < -0.4 is 0 Å². The van der Waals surface area contributed by atoms with Gasteiger partial charge in [-0.05, 0) is 26.6 Å². The first-order valence-electron chi connectivity index (χ1n) is 5.32. The maximum absolute atomic E-state index is 2.39. The number of nitrogens with zero attached hydrogens (tertiary/aromatic N) is 2. The molecular formula is C12H18N2S. The van der Waals surface area contributed by atoms with Crippen molar-refractivity contribution in [2.45, 2.75) is 12.8 Å². The monoisotopic (exact) mass is 222 g/mol. The second kappa shape index (κ2) is 4.56. The summed E-state index contributed by atoms with van der Waals surface area (Å²) >= 11 is 1.81. The second-order valence-electron chi connectivity index (χ2n) is 4.35. The molecule has 1 aromatic carbocycles. The summed E-state index contributed by atoms with van der Waals surface area (Å²) < 4.78 is 4.54. The Morgan fingerprint density at radius 1 is 1.20 bits per heavy atom. The van der Waals surface area contributed by atoms with Crippen LogP contribution in [-0.2, 0) is 0 Å². The van der Waals surface area contributed by atoms with Gasteiger partial charge in [-0.25, -0.2) is 8.61 Å². The fourth-order valence-electron chi connectivity index (χ4n) is 1.79. The molecule has 0 N–H and O–H groups in total. The average molecular weight is 222 g/mol. The molecule has 1 heterocycles. The summed E-state index contributed by atoms with van der Waals surface area (Å²) in [7, 11) is 4.17. The maximum Gasteiger partial charge on any atom is 0.0183 e. The molecular weight excluding hydrogens is 204 g/mol. The molecule has 0 aromatic heterocycles. The lowest BCUT2D eigenvalue weighted by Gasteiger charge is -2.39. The summed E-state index contributed by atoms with van der Waals surface area (Å²) in [5.41, 5.74) is 2.83. The molecule has 0 unspecified atom stereocenters. The van der Waals surface area contributed by atoms with Crippen LogP contribution in [0.2, 0.25) is 0 Å². The lowest BCUT2D eigenvalue weighted by Crippen LogP contribution is -2.41. The van der Waals surface area contributed by atoms with Crippen molar-refractivity contribution in [3.8, 4) is 0 Å². The normalized spacial score (nSPS) is 18.1. The van der Waals surface area contributed by atoms with Gasteiger partial charge >= 0.3 is 0 Å². The lowest BCUT2D eigenvalue weighted by molar-refractivity contribution is 0.283. The van der Waals surface area contributed by atoms with Crippen LogP contribution in [-0.4, -0.2) is 35.8 Å². The van der Waals surface area contributed by atoms with E-state index in [1.807, 2.05) is 12.1 Å². The third-order valence-corrected chi connectivity index (χ3v) is 3.53. The van der Waals surface area contributed by atoms with Crippen LogP contribution in [0.3, 0.4) is 0 Å². The Balaban J connectivity index is 1.86. The van der Waals surface area contributed by atoms with Crippen LogP contribution in [0.5, 0.6) is 0 Å². The first kappa shape index (κ1) is 11.0. The van der Waals surface area contributed by atoms with Gasteiger partial charge in [0, 0.05) is 31.1 Å². The predicted molar refractivity (Wildman–Crippen MR) is 66.8 cm³/mol. The first-order chi connectivity index (χ1) is 7.15. The van der Waals surface area contributed by atoms with Crippen molar-refractivity contribution in [3.05, 3.63) is 35.4 Å². The predicted octanol–water partition coefficient (Wildman–Crippen LogP) is 2.52. The van der Waals surface area contributed by atoms with Gasteiger partial charge in [-0.3, -0.25) is 0 Å². The van der Waals surface area contributed by atoms with Crippen molar-refractivity contribution >= 4 is 12.1 Å². The molecule has 2 rings (SSSR count). The van der Waals surface area contributed by atoms with Gasteiger partial charge in [0.15, 0.2) is 0 Å². The molecule has 1 fully saturated rings. The van der Waals surface area contributed by atoms with Crippen LogP contribution in [0.4, 0.5) is 0 Å². The van der Waals surface area contributed by atoms with Crippen LogP contribution in [0, 0.1) is 6.92 Å². The average Bonchev–Trinajstić information content (AvgIpc) is 2.12. The molecule has 82 valence electrons. The molecule has 0 saturated carbocycles. The smallest absolute Gasteiger partial charge is 0.0183 e. The third kappa shape index (κ3) is 2.74. The summed E-state index contributed by atoms with van der Waals surface area (Å²) in [5, 5.41) is 0. The van der Waals surface area contributed by atoms with Gasteiger partial charge in [-0.1, -0.05) is 29.8 Å². The largest absolute Gasteiger partial charge is 0.243 e. The molecule has 1 aromatic rings. The highest BCUT2D eigenvalue weighted by atomic mass is 32.2. The Morgan fingerprint density at radius 3 is 2.33 bits per heavy atom. The van der Waals surface area contributed by atoms with E-state index in [1.165, 1.54) is 24.2 Å². The van der Waals surface area contributed by atoms with E-state index in [9.17, 15) is 0 Å². The van der Waals surface area contributed by atoms with E-state index < -0.39 is 0 Å². The molecule has 1 aliphatic rings. The highest BCUT2D eigenvalue weighted by molar-refractivity contribution is 7.94. The van der Waals surface area contributed by atoms with Gasteiger partial charge in [0.1, 0.15) is 0 Å². The van der Waals surface area contributed by atoms with E-state index in [4.69, 9.17) is 0 Å². The zero-order valence-electron chi connectivity index (χ0n) is 9.60. The minimum atomic E-state index is 0.734. The zero-order chi connectivity index (χ0) is 10.8. The fraction of sp³-hybridized carbons (Fsp3) is 0.500. The second-order valence-corrected chi connectivity index (χ2v) is 5.76. The van der Waals surface area contributed by atoms with Crippen LogP contribution in [0.25, 0.3) is 0 Å². The van der Waals surface area contributed by atoms with Gasteiger partial charge in [0.2, 0.25) is 0 Å². The molecule has 2 nitrogen and oxygen atoms in total. The van der Waals surface area contributed by atoms with Crippen LogP contribution >= 0.6 is 12.1 Å². The Bertz CT molecular complexity index is 315. The summed E-state index contributed by atoms with van der Waals surface area (Å²) in [4.78, 5) is 0. The summed E-state index contributed by atoms with van der Waals surface area (Å²) in [6, 6.07) is 8.93. The van der Waals surface area contributed by atoms with Crippen molar-refractivity contribution in [1.82, 2.24) is 8.61 Å². The number of hydrogen-bond acceptors (Lipinski definition) is 3.